The zero-order chi connectivity index (χ0) is 7.56. The van der Waals surface area contributed by atoms with E-state index in [0.29, 0.717) is 0 Å². The second kappa shape index (κ2) is 3.63. The standard InChI is InChI=1S/C8H17NS/c1-7(2)6-9(10)8-4-3-5-8/h7-8,10H,3-6H2,1-2H3. The van der Waals surface area contributed by atoms with Gasteiger partial charge < -0.3 is 0 Å². The van der Waals surface area contributed by atoms with Crippen molar-refractivity contribution in [1.82, 2.24) is 4.31 Å². The number of hydrogen-bond donors (Lipinski definition) is 1. The molecule has 0 aromatic heterocycles. The zero-order valence-electron chi connectivity index (χ0n) is 6.88. The number of rotatable bonds is 3. The minimum Gasteiger partial charge on any atom is -0.250 e. The molecule has 1 saturated carbocycles. The molecule has 0 amide bonds. The molecule has 0 aliphatic heterocycles. The molecule has 2 heteroatoms. The molecule has 0 saturated heterocycles. The monoisotopic (exact) mass is 159 g/mol. The summed E-state index contributed by atoms with van der Waals surface area (Å²) < 4.78 is 2.20. The molecular weight excluding hydrogens is 142 g/mol. The molecule has 1 rings (SSSR count). The molecule has 0 spiro atoms. The van der Waals surface area contributed by atoms with Gasteiger partial charge in [0.15, 0.2) is 0 Å². The van der Waals surface area contributed by atoms with Crippen LogP contribution < -0.4 is 0 Å². The van der Waals surface area contributed by atoms with Gasteiger partial charge in [-0.2, -0.15) is 0 Å². The molecule has 0 aromatic carbocycles. The van der Waals surface area contributed by atoms with Crippen LogP contribution in [0.1, 0.15) is 33.1 Å². The molecule has 0 radical (unpaired) electrons. The Kier molecular flexibility index (Phi) is 3.05. The maximum atomic E-state index is 4.43. The molecule has 1 nitrogen and oxygen atoms in total. The van der Waals surface area contributed by atoms with Gasteiger partial charge in [-0.15, -0.1) is 0 Å². The van der Waals surface area contributed by atoms with Crippen molar-refractivity contribution in [2.24, 2.45) is 5.92 Å². The van der Waals surface area contributed by atoms with Gasteiger partial charge in [-0.05, 0) is 18.8 Å². The highest BCUT2D eigenvalue weighted by atomic mass is 32.1. The summed E-state index contributed by atoms with van der Waals surface area (Å²) in [6.07, 6.45) is 4.12. The van der Waals surface area contributed by atoms with Crippen molar-refractivity contribution in [1.29, 1.82) is 0 Å². The molecule has 0 bridgehead atoms. The van der Waals surface area contributed by atoms with E-state index in [0.717, 1.165) is 18.5 Å². The van der Waals surface area contributed by atoms with Gasteiger partial charge in [-0.1, -0.05) is 33.1 Å². The molecule has 0 atom stereocenters. The Bertz CT molecular complexity index is 99.4. The minimum atomic E-state index is 0.748. The van der Waals surface area contributed by atoms with E-state index in [1.807, 2.05) is 0 Å². The molecule has 10 heavy (non-hydrogen) atoms. The lowest BCUT2D eigenvalue weighted by atomic mass is 9.93. The maximum absolute atomic E-state index is 4.43. The van der Waals surface area contributed by atoms with Gasteiger partial charge >= 0.3 is 0 Å². The Morgan fingerprint density at radius 3 is 2.40 bits per heavy atom. The smallest absolute Gasteiger partial charge is 0.0200 e. The lowest BCUT2D eigenvalue weighted by Crippen LogP contribution is -2.35. The first kappa shape index (κ1) is 8.41. The first-order valence-electron chi connectivity index (χ1n) is 4.15. The van der Waals surface area contributed by atoms with E-state index in [1.165, 1.54) is 19.3 Å². The van der Waals surface area contributed by atoms with E-state index in [9.17, 15) is 0 Å². The van der Waals surface area contributed by atoms with E-state index in [1.54, 1.807) is 0 Å². The summed E-state index contributed by atoms with van der Waals surface area (Å²) in [6, 6.07) is 0.783. The third kappa shape index (κ3) is 2.17. The highest BCUT2D eigenvalue weighted by Crippen LogP contribution is 2.26. The Labute approximate surface area is 69.3 Å². The summed E-state index contributed by atoms with van der Waals surface area (Å²) in [5.41, 5.74) is 0. The number of thiol groups is 1. The number of hydrogen-bond acceptors (Lipinski definition) is 2. The van der Waals surface area contributed by atoms with Crippen LogP contribution in [0.5, 0.6) is 0 Å². The maximum Gasteiger partial charge on any atom is 0.0200 e. The van der Waals surface area contributed by atoms with Crippen LogP contribution in [-0.2, 0) is 0 Å². The topological polar surface area (TPSA) is 3.24 Å². The number of nitrogens with zero attached hydrogens (tertiary/aromatic N) is 1. The van der Waals surface area contributed by atoms with Gasteiger partial charge in [0, 0.05) is 12.6 Å². The average molecular weight is 159 g/mol. The second-order valence-electron chi connectivity index (χ2n) is 3.60. The van der Waals surface area contributed by atoms with Gasteiger partial charge in [0.1, 0.15) is 0 Å². The molecule has 0 N–H and O–H groups in total. The first-order chi connectivity index (χ1) is 4.70. The summed E-state index contributed by atoms with van der Waals surface area (Å²) in [4.78, 5) is 0. The predicted octanol–water partition coefficient (Wildman–Crippen LogP) is 2.34. The second-order valence-corrected chi connectivity index (χ2v) is 4.11. The first-order valence-corrected chi connectivity index (χ1v) is 4.55. The predicted molar refractivity (Wildman–Crippen MR) is 48.2 cm³/mol. The van der Waals surface area contributed by atoms with Crippen molar-refractivity contribution in [3.63, 3.8) is 0 Å². The quantitative estimate of drug-likeness (QED) is 0.619. The summed E-state index contributed by atoms with van der Waals surface area (Å²) in [7, 11) is 0. The van der Waals surface area contributed by atoms with E-state index in [4.69, 9.17) is 0 Å². The van der Waals surface area contributed by atoms with Crippen LogP contribution in [0.3, 0.4) is 0 Å². The van der Waals surface area contributed by atoms with Crippen molar-refractivity contribution in [3.8, 4) is 0 Å². The van der Waals surface area contributed by atoms with Crippen LogP contribution in [0.25, 0.3) is 0 Å². The largest absolute Gasteiger partial charge is 0.250 e. The van der Waals surface area contributed by atoms with Crippen molar-refractivity contribution < 1.29 is 0 Å². The Morgan fingerprint density at radius 2 is 2.10 bits per heavy atom. The molecule has 0 aromatic rings. The van der Waals surface area contributed by atoms with E-state index in [-0.39, 0.29) is 0 Å². The van der Waals surface area contributed by atoms with Crippen molar-refractivity contribution in [2.75, 3.05) is 6.54 Å². The summed E-state index contributed by atoms with van der Waals surface area (Å²) in [5.74, 6) is 0.748. The van der Waals surface area contributed by atoms with Crippen LogP contribution >= 0.6 is 12.8 Å². The van der Waals surface area contributed by atoms with Gasteiger partial charge in [0.2, 0.25) is 0 Å². The van der Waals surface area contributed by atoms with Crippen LogP contribution in [0.2, 0.25) is 0 Å². The zero-order valence-corrected chi connectivity index (χ0v) is 7.77. The summed E-state index contributed by atoms with van der Waals surface area (Å²) in [5, 5.41) is 0. The van der Waals surface area contributed by atoms with Gasteiger partial charge in [-0.3, -0.25) is 0 Å². The lowest BCUT2D eigenvalue weighted by Gasteiger charge is -2.34. The van der Waals surface area contributed by atoms with Crippen molar-refractivity contribution in [2.45, 2.75) is 39.2 Å². The lowest BCUT2D eigenvalue weighted by molar-refractivity contribution is 0.223. The molecule has 1 aliphatic carbocycles. The Morgan fingerprint density at radius 1 is 1.50 bits per heavy atom. The fourth-order valence-electron chi connectivity index (χ4n) is 1.21. The summed E-state index contributed by atoms with van der Waals surface area (Å²) >= 11 is 4.43. The van der Waals surface area contributed by atoms with E-state index < -0.39 is 0 Å². The molecule has 1 aliphatic rings. The third-order valence-electron chi connectivity index (χ3n) is 2.05. The average Bonchev–Trinajstić information content (AvgIpc) is 1.55. The molecular formula is C8H17NS. The van der Waals surface area contributed by atoms with Gasteiger partial charge in [-0.25, -0.2) is 4.31 Å². The minimum absolute atomic E-state index is 0.748. The molecule has 0 heterocycles. The molecule has 1 fully saturated rings. The third-order valence-corrected chi connectivity index (χ3v) is 2.54. The highest BCUT2D eigenvalue weighted by molar-refractivity contribution is 7.77. The Hall–Kier alpha value is 0.310. The Balaban J connectivity index is 2.13. The fraction of sp³-hybridized carbons (Fsp3) is 1.00. The van der Waals surface area contributed by atoms with Crippen molar-refractivity contribution >= 4 is 12.8 Å². The normalized spacial score (nSPS) is 20.1. The van der Waals surface area contributed by atoms with Crippen LogP contribution in [0, 0.1) is 5.92 Å². The molecule has 0 unspecified atom stereocenters. The van der Waals surface area contributed by atoms with E-state index in [2.05, 4.69) is 31.0 Å². The van der Waals surface area contributed by atoms with Crippen LogP contribution in [0.15, 0.2) is 0 Å². The van der Waals surface area contributed by atoms with Crippen LogP contribution in [0.4, 0.5) is 0 Å². The highest BCUT2D eigenvalue weighted by Gasteiger charge is 2.22. The fourth-order valence-corrected chi connectivity index (χ4v) is 1.77. The van der Waals surface area contributed by atoms with Gasteiger partial charge in [0.25, 0.3) is 0 Å². The van der Waals surface area contributed by atoms with Crippen LogP contribution in [-0.4, -0.2) is 16.9 Å². The SMILES string of the molecule is CC(C)CN(S)C1CCC1. The summed E-state index contributed by atoms with van der Waals surface area (Å²) in [6.45, 7) is 5.61. The van der Waals surface area contributed by atoms with E-state index >= 15 is 0 Å². The van der Waals surface area contributed by atoms with Gasteiger partial charge in [0.05, 0.1) is 0 Å². The van der Waals surface area contributed by atoms with Crippen molar-refractivity contribution in [3.05, 3.63) is 0 Å². The molecule has 60 valence electrons.